The van der Waals surface area contributed by atoms with E-state index in [1.54, 1.807) is 9.58 Å². The van der Waals surface area contributed by atoms with Crippen molar-refractivity contribution in [3.05, 3.63) is 46.2 Å². The normalized spacial score (nSPS) is 24.2. The third-order valence-corrected chi connectivity index (χ3v) is 7.74. The Morgan fingerprint density at radius 3 is 2.56 bits per heavy atom. The summed E-state index contributed by atoms with van der Waals surface area (Å²) in [4.78, 5) is 29.3. The van der Waals surface area contributed by atoms with Gasteiger partial charge in [0, 0.05) is 22.7 Å². The van der Waals surface area contributed by atoms with Crippen LogP contribution >= 0.6 is 11.6 Å². The van der Waals surface area contributed by atoms with Crippen LogP contribution in [0.15, 0.2) is 24.3 Å². The second-order valence-electron chi connectivity index (χ2n) is 9.85. The quantitative estimate of drug-likeness (QED) is 0.662. The fourth-order valence-electron chi connectivity index (χ4n) is 5.16. The van der Waals surface area contributed by atoms with Crippen LogP contribution in [-0.2, 0) is 11.3 Å². The monoisotopic (exact) mass is 454 g/mol. The maximum Gasteiger partial charge on any atom is 0.277 e. The molecule has 170 valence electrons. The highest BCUT2D eigenvalue weighted by Gasteiger charge is 2.50. The first-order valence-electron chi connectivity index (χ1n) is 11.9. The second-order valence-corrected chi connectivity index (χ2v) is 10.3. The number of amides is 2. The lowest BCUT2D eigenvalue weighted by Crippen LogP contribution is -2.65. The molecule has 2 aromatic rings. The van der Waals surface area contributed by atoms with Gasteiger partial charge in [-0.05, 0) is 63.3 Å². The van der Waals surface area contributed by atoms with Crippen molar-refractivity contribution >= 4 is 29.1 Å². The molecule has 2 aliphatic carbocycles. The zero-order chi connectivity index (χ0) is 22.5. The Morgan fingerprint density at radius 2 is 1.88 bits per heavy atom. The van der Waals surface area contributed by atoms with E-state index in [4.69, 9.17) is 16.7 Å². The average Bonchev–Trinajstić information content (AvgIpc) is 3.56. The van der Waals surface area contributed by atoms with E-state index in [1.807, 2.05) is 38.1 Å². The van der Waals surface area contributed by atoms with Gasteiger partial charge in [-0.3, -0.25) is 19.2 Å². The van der Waals surface area contributed by atoms with Crippen LogP contribution < -0.4 is 10.2 Å². The summed E-state index contributed by atoms with van der Waals surface area (Å²) in [6.45, 7) is 4.08. The molecule has 0 unspecified atom stereocenters. The second kappa shape index (κ2) is 8.22. The molecule has 1 aromatic carbocycles. The van der Waals surface area contributed by atoms with E-state index >= 15 is 0 Å². The van der Waals surface area contributed by atoms with Crippen molar-refractivity contribution in [1.29, 1.82) is 0 Å². The number of anilines is 1. The van der Waals surface area contributed by atoms with Crippen molar-refractivity contribution in [2.24, 2.45) is 0 Å². The lowest BCUT2D eigenvalue weighted by Gasteiger charge is -2.44. The number of fused-ring (bicyclic) bond motifs is 1. The lowest BCUT2D eigenvalue weighted by atomic mass is 9.92. The Bertz CT molecular complexity index is 1050. The van der Waals surface area contributed by atoms with Gasteiger partial charge in [-0.1, -0.05) is 43.4 Å². The highest BCUT2D eigenvalue weighted by molar-refractivity contribution is 6.32. The fourth-order valence-corrected chi connectivity index (χ4v) is 5.33. The van der Waals surface area contributed by atoms with E-state index in [1.165, 1.54) is 12.8 Å². The third kappa shape index (κ3) is 3.72. The molecule has 1 aliphatic heterocycles. The number of nitrogens with zero attached hydrogens (tertiary/aromatic N) is 3. The Balaban J connectivity index is 1.55. The molecule has 7 heteroatoms. The predicted molar refractivity (Wildman–Crippen MR) is 125 cm³/mol. The third-order valence-electron chi connectivity index (χ3n) is 7.33. The summed E-state index contributed by atoms with van der Waals surface area (Å²) in [6.07, 6.45) is 8.91. The number of carbonyl (C=O) groups excluding carboxylic acids is 2. The molecule has 0 radical (unpaired) electrons. The molecule has 0 saturated heterocycles. The van der Waals surface area contributed by atoms with Crippen molar-refractivity contribution in [1.82, 2.24) is 15.1 Å². The Morgan fingerprint density at radius 1 is 1.16 bits per heavy atom. The number of halogens is 1. The summed E-state index contributed by atoms with van der Waals surface area (Å²) in [6, 6.07) is 7.59. The number of benzene rings is 1. The van der Waals surface area contributed by atoms with Crippen LogP contribution in [0.2, 0.25) is 5.02 Å². The van der Waals surface area contributed by atoms with E-state index < -0.39 is 5.54 Å². The minimum atomic E-state index is -1.10. The number of rotatable bonds is 4. The molecule has 2 fully saturated rings. The minimum Gasteiger partial charge on any atom is -0.351 e. The van der Waals surface area contributed by atoms with Gasteiger partial charge >= 0.3 is 0 Å². The van der Waals surface area contributed by atoms with E-state index in [0.717, 1.165) is 49.8 Å². The van der Waals surface area contributed by atoms with E-state index in [9.17, 15) is 9.59 Å². The summed E-state index contributed by atoms with van der Waals surface area (Å²) in [5.74, 6) is 0.124. The van der Waals surface area contributed by atoms with Crippen LogP contribution in [0.1, 0.15) is 86.0 Å². The van der Waals surface area contributed by atoms with Crippen LogP contribution in [0.3, 0.4) is 0 Å². The van der Waals surface area contributed by atoms with Crippen molar-refractivity contribution < 1.29 is 9.59 Å². The summed E-state index contributed by atoms with van der Waals surface area (Å²) in [7, 11) is 0. The summed E-state index contributed by atoms with van der Waals surface area (Å²) in [5, 5.41) is 8.61. The van der Waals surface area contributed by atoms with Crippen LogP contribution in [-0.4, -0.2) is 33.2 Å². The molecule has 2 amide bonds. The fraction of sp³-hybridized carbons (Fsp3) is 0.560. The minimum absolute atomic E-state index is 0.119. The Kier molecular flexibility index (Phi) is 5.52. The van der Waals surface area contributed by atoms with Gasteiger partial charge in [-0.15, -0.1) is 0 Å². The molecular weight excluding hydrogens is 424 g/mol. The van der Waals surface area contributed by atoms with Gasteiger partial charge in [0.25, 0.3) is 5.91 Å². The molecule has 2 saturated carbocycles. The van der Waals surface area contributed by atoms with Gasteiger partial charge in [0.1, 0.15) is 11.2 Å². The molecule has 0 spiro atoms. The summed E-state index contributed by atoms with van der Waals surface area (Å²) < 4.78 is 1.75. The lowest BCUT2D eigenvalue weighted by molar-refractivity contribution is -0.127. The van der Waals surface area contributed by atoms with Crippen molar-refractivity contribution in [2.75, 3.05) is 4.90 Å². The molecule has 5 rings (SSSR count). The van der Waals surface area contributed by atoms with Crippen LogP contribution in [0, 0.1) is 6.92 Å². The van der Waals surface area contributed by atoms with Gasteiger partial charge in [-0.2, -0.15) is 5.10 Å². The largest absolute Gasteiger partial charge is 0.351 e. The summed E-state index contributed by atoms with van der Waals surface area (Å²) in [5.41, 5.74) is 1.89. The zero-order valence-corrected chi connectivity index (χ0v) is 19.6. The number of carbonyl (C=O) groups is 2. The first kappa shape index (κ1) is 21.5. The molecule has 1 N–H and O–H groups in total. The zero-order valence-electron chi connectivity index (χ0n) is 18.9. The van der Waals surface area contributed by atoms with E-state index in [-0.39, 0.29) is 17.9 Å². The Labute approximate surface area is 194 Å². The number of nitrogens with one attached hydrogen (secondary N) is 1. The summed E-state index contributed by atoms with van der Waals surface area (Å²) >= 11 is 6.43. The SMILES string of the molecule is Cc1c(Cl)cccc1N1C(=O)c2cc(C3CC3)nn2C[C@]1(C)C(=O)NC1CCCCCC1. The smallest absolute Gasteiger partial charge is 0.277 e. The van der Waals surface area contributed by atoms with Crippen molar-refractivity contribution in [3.8, 4) is 0 Å². The van der Waals surface area contributed by atoms with Gasteiger partial charge in [0.05, 0.1) is 12.2 Å². The van der Waals surface area contributed by atoms with Gasteiger partial charge < -0.3 is 5.32 Å². The van der Waals surface area contributed by atoms with Crippen LogP contribution in [0.5, 0.6) is 0 Å². The van der Waals surface area contributed by atoms with Crippen molar-refractivity contribution in [2.45, 2.75) is 89.3 Å². The topological polar surface area (TPSA) is 67.2 Å². The maximum absolute atomic E-state index is 13.8. The molecule has 1 aromatic heterocycles. The predicted octanol–water partition coefficient (Wildman–Crippen LogP) is 4.98. The van der Waals surface area contributed by atoms with E-state index in [0.29, 0.717) is 28.9 Å². The number of aromatic nitrogens is 2. The molecule has 2 heterocycles. The Hall–Kier alpha value is -2.34. The van der Waals surface area contributed by atoms with Gasteiger partial charge in [0.15, 0.2) is 0 Å². The van der Waals surface area contributed by atoms with Gasteiger partial charge in [0.2, 0.25) is 5.91 Å². The average molecular weight is 455 g/mol. The number of hydrogen-bond acceptors (Lipinski definition) is 3. The molecular formula is C25H31ClN4O2. The molecule has 6 nitrogen and oxygen atoms in total. The molecule has 0 bridgehead atoms. The highest BCUT2D eigenvalue weighted by atomic mass is 35.5. The van der Waals surface area contributed by atoms with Crippen LogP contribution in [0.4, 0.5) is 5.69 Å². The molecule has 1 atom stereocenters. The highest BCUT2D eigenvalue weighted by Crippen LogP contribution is 2.42. The standard InChI is InChI=1S/C25H31ClN4O2/c1-16-19(26)10-7-11-21(16)30-23(31)22-14-20(17-12-13-17)28-29(22)15-25(30,2)24(32)27-18-8-5-3-4-6-9-18/h7,10-11,14,17-18H,3-6,8-9,12-13,15H2,1-2H3,(H,27,32)/t25-/m1/s1. The van der Waals surface area contributed by atoms with Crippen LogP contribution in [0.25, 0.3) is 0 Å². The number of hydrogen-bond donors (Lipinski definition) is 1. The van der Waals surface area contributed by atoms with Gasteiger partial charge in [-0.25, -0.2) is 0 Å². The first-order chi connectivity index (χ1) is 15.4. The molecule has 3 aliphatic rings. The first-order valence-corrected chi connectivity index (χ1v) is 12.2. The van der Waals surface area contributed by atoms with Crippen molar-refractivity contribution in [3.63, 3.8) is 0 Å². The molecule has 32 heavy (non-hydrogen) atoms. The van der Waals surface area contributed by atoms with E-state index in [2.05, 4.69) is 5.32 Å². The maximum atomic E-state index is 13.8.